The van der Waals surface area contributed by atoms with Crippen LogP contribution in [0.3, 0.4) is 0 Å². The van der Waals surface area contributed by atoms with Crippen LogP contribution in [0.1, 0.15) is 52.9 Å². The number of H-pyrrole nitrogens is 1. The van der Waals surface area contributed by atoms with E-state index in [0.29, 0.717) is 34.9 Å². The van der Waals surface area contributed by atoms with Crippen molar-refractivity contribution in [2.45, 2.75) is 31.7 Å². The predicted molar refractivity (Wildman–Crippen MR) is 117 cm³/mol. The maximum absolute atomic E-state index is 12.7. The van der Waals surface area contributed by atoms with Gasteiger partial charge in [0.2, 0.25) is 0 Å². The number of carbonyl (C=O) groups excluding carboxylic acids is 1. The number of aromatic amines is 1. The number of nitrogens with one attached hydrogen (secondary N) is 4. The largest absolute Gasteiger partial charge is 0.388 e. The Labute approximate surface area is 175 Å². The van der Waals surface area contributed by atoms with Crippen molar-refractivity contribution in [1.29, 1.82) is 5.41 Å². The number of fused-ring (bicyclic) bond motifs is 1. The van der Waals surface area contributed by atoms with Crippen molar-refractivity contribution in [3.05, 3.63) is 53.0 Å². The van der Waals surface area contributed by atoms with Gasteiger partial charge in [-0.15, -0.1) is 0 Å². The van der Waals surface area contributed by atoms with Crippen LogP contribution >= 0.6 is 0 Å². The van der Waals surface area contributed by atoms with Gasteiger partial charge in [-0.25, -0.2) is 9.97 Å². The fraction of sp³-hybridized carbons (Fsp3) is 0.364. The topological polar surface area (TPSA) is 116 Å². The Balaban J connectivity index is 1.67. The van der Waals surface area contributed by atoms with E-state index in [2.05, 4.69) is 37.7 Å². The highest BCUT2D eigenvalue weighted by Crippen LogP contribution is 2.41. The predicted octanol–water partition coefficient (Wildman–Crippen LogP) is 3.06. The Morgan fingerprint density at radius 2 is 2.17 bits per heavy atom. The number of benzene rings is 1. The van der Waals surface area contributed by atoms with Gasteiger partial charge in [-0.1, -0.05) is 6.07 Å². The first-order valence-corrected chi connectivity index (χ1v) is 10.1. The first-order chi connectivity index (χ1) is 14.5. The summed E-state index contributed by atoms with van der Waals surface area (Å²) < 4.78 is 5.08. The summed E-state index contributed by atoms with van der Waals surface area (Å²) in [5.74, 6) is 0.334. The Morgan fingerprint density at radius 3 is 2.87 bits per heavy atom. The molecule has 0 aliphatic heterocycles. The fourth-order valence-corrected chi connectivity index (χ4v) is 3.57. The number of rotatable bonds is 8. The molecule has 3 aromatic rings. The van der Waals surface area contributed by atoms with Gasteiger partial charge < -0.3 is 20.4 Å². The normalized spacial score (nSPS) is 14.5. The smallest absolute Gasteiger partial charge is 0.255 e. The first-order valence-electron chi connectivity index (χ1n) is 10.1. The summed E-state index contributed by atoms with van der Waals surface area (Å²) >= 11 is 0. The molecule has 1 aromatic carbocycles. The van der Waals surface area contributed by atoms with Crippen LogP contribution in [0.5, 0.6) is 0 Å². The lowest BCUT2D eigenvalue weighted by Gasteiger charge is -2.13. The minimum Gasteiger partial charge on any atom is -0.388 e. The summed E-state index contributed by atoms with van der Waals surface area (Å²) in [6, 6.07) is 6.06. The molecule has 1 aliphatic carbocycles. The molecular weight excluding hydrogens is 380 g/mol. The van der Waals surface area contributed by atoms with Crippen LogP contribution in [0.25, 0.3) is 11.2 Å². The van der Waals surface area contributed by atoms with Crippen LogP contribution in [0.4, 0.5) is 5.69 Å². The van der Waals surface area contributed by atoms with Crippen molar-refractivity contribution in [1.82, 2.24) is 20.3 Å². The minimum atomic E-state index is -0.254. The third kappa shape index (κ3) is 3.91. The van der Waals surface area contributed by atoms with Gasteiger partial charge in [0.25, 0.3) is 5.91 Å². The van der Waals surface area contributed by atoms with Gasteiger partial charge in [-0.2, -0.15) is 0 Å². The third-order valence-corrected chi connectivity index (χ3v) is 5.31. The van der Waals surface area contributed by atoms with E-state index < -0.39 is 0 Å². The minimum absolute atomic E-state index is 0.134. The standard InChI is InChI=1S/C22H26N6O2/c1-12(11-30-3)27-22(29)16-9-25-21-20(16)28-18(10-26-21)19(23)15-8-14(13-4-5-13)6-7-17(15)24-2/h6-10,12-13,23-24H,4-5,11H2,1-3H3,(H,25,26)(H,27,29). The maximum atomic E-state index is 12.7. The van der Waals surface area contributed by atoms with Gasteiger partial charge in [0.15, 0.2) is 5.65 Å². The molecule has 156 valence electrons. The van der Waals surface area contributed by atoms with Gasteiger partial charge in [-0.3, -0.25) is 10.2 Å². The van der Waals surface area contributed by atoms with E-state index in [1.165, 1.54) is 18.4 Å². The average molecular weight is 406 g/mol. The molecule has 1 atom stereocenters. The molecule has 1 saturated carbocycles. The highest BCUT2D eigenvalue weighted by Gasteiger charge is 2.25. The van der Waals surface area contributed by atoms with Gasteiger partial charge in [0.1, 0.15) is 11.2 Å². The van der Waals surface area contributed by atoms with E-state index in [1.54, 1.807) is 19.5 Å². The van der Waals surface area contributed by atoms with E-state index in [-0.39, 0.29) is 17.7 Å². The Morgan fingerprint density at radius 1 is 1.37 bits per heavy atom. The van der Waals surface area contributed by atoms with Crippen molar-refractivity contribution in [3.63, 3.8) is 0 Å². The van der Waals surface area contributed by atoms with Crippen molar-refractivity contribution >= 4 is 28.5 Å². The molecule has 2 heterocycles. The van der Waals surface area contributed by atoms with Gasteiger partial charge in [-0.05, 0) is 43.4 Å². The zero-order valence-electron chi connectivity index (χ0n) is 17.4. The van der Waals surface area contributed by atoms with Crippen LogP contribution in [0.15, 0.2) is 30.6 Å². The van der Waals surface area contributed by atoms with Crippen molar-refractivity contribution in [3.8, 4) is 0 Å². The summed E-state index contributed by atoms with van der Waals surface area (Å²) in [7, 11) is 3.43. The van der Waals surface area contributed by atoms with Gasteiger partial charge in [0.05, 0.1) is 24.1 Å². The van der Waals surface area contributed by atoms with E-state index in [4.69, 9.17) is 10.1 Å². The molecule has 8 heteroatoms. The lowest BCUT2D eigenvalue weighted by molar-refractivity contribution is 0.0907. The number of amides is 1. The number of ether oxygens (including phenoxy) is 1. The SMILES string of the molecule is CNc1ccc(C2CC2)cc1C(=N)c1cnc2[nH]cc(C(=O)NC(C)COC)c2n1. The highest BCUT2D eigenvalue weighted by molar-refractivity contribution is 6.14. The highest BCUT2D eigenvalue weighted by atomic mass is 16.5. The molecule has 30 heavy (non-hydrogen) atoms. The molecular formula is C22H26N6O2. The number of hydrogen-bond donors (Lipinski definition) is 4. The fourth-order valence-electron chi connectivity index (χ4n) is 3.57. The summed E-state index contributed by atoms with van der Waals surface area (Å²) in [5, 5.41) is 14.8. The molecule has 1 unspecified atom stereocenters. The summed E-state index contributed by atoms with van der Waals surface area (Å²) in [4.78, 5) is 24.7. The summed E-state index contributed by atoms with van der Waals surface area (Å²) in [6.45, 7) is 2.29. The number of nitrogens with zero attached hydrogens (tertiary/aromatic N) is 2. The molecule has 1 aliphatic rings. The van der Waals surface area contributed by atoms with E-state index in [9.17, 15) is 4.79 Å². The molecule has 1 fully saturated rings. The third-order valence-electron chi connectivity index (χ3n) is 5.31. The number of carbonyl (C=O) groups is 1. The second kappa shape index (κ2) is 8.23. The molecule has 4 N–H and O–H groups in total. The van der Waals surface area contributed by atoms with E-state index >= 15 is 0 Å². The Hall–Kier alpha value is -3.26. The lowest BCUT2D eigenvalue weighted by atomic mass is 10.00. The molecule has 1 amide bonds. The Kier molecular flexibility index (Phi) is 5.50. The summed E-state index contributed by atoms with van der Waals surface area (Å²) in [5.41, 5.74) is 4.95. The van der Waals surface area contributed by atoms with Crippen LogP contribution in [0.2, 0.25) is 0 Å². The zero-order chi connectivity index (χ0) is 21.3. The molecule has 2 aromatic heterocycles. The number of methoxy groups -OCH3 is 1. The van der Waals surface area contributed by atoms with Crippen molar-refractivity contribution in [2.24, 2.45) is 0 Å². The van der Waals surface area contributed by atoms with Crippen LogP contribution < -0.4 is 10.6 Å². The average Bonchev–Trinajstić information content (AvgIpc) is 3.51. The van der Waals surface area contributed by atoms with Gasteiger partial charge in [0, 0.05) is 37.6 Å². The van der Waals surface area contributed by atoms with Crippen molar-refractivity contribution in [2.75, 3.05) is 26.1 Å². The number of aromatic nitrogens is 3. The molecule has 4 rings (SSSR count). The molecule has 8 nitrogen and oxygen atoms in total. The number of hydrogen-bond acceptors (Lipinski definition) is 6. The Bertz CT molecular complexity index is 1100. The monoisotopic (exact) mass is 406 g/mol. The van der Waals surface area contributed by atoms with Crippen LogP contribution in [-0.2, 0) is 4.74 Å². The quantitative estimate of drug-likeness (QED) is 0.429. The van der Waals surface area contributed by atoms with E-state index in [0.717, 1.165) is 11.3 Å². The summed E-state index contributed by atoms with van der Waals surface area (Å²) in [6.07, 6.45) is 5.56. The van der Waals surface area contributed by atoms with Crippen LogP contribution in [0, 0.1) is 5.41 Å². The second-order valence-corrected chi connectivity index (χ2v) is 7.69. The molecule has 0 spiro atoms. The molecule has 0 radical (unpaired) electrons. The first kappa shape index (κ1) is 20.0. The van der Waals surface area contributed by atoms with Gasteiger partial charge >= 0.3 is 0 Å². The van der Waals surface area contributed by atoms with Crippen LogP contribution in [-0.4, -0.2) is 53.4 Å². The second-order valence-electron chi connectivity index (χ2n) is 7.69. The maximum Gasteiger partial charge on any atom is 0.255 e. The van der Waals surface area contributed by atoms with Crippen molar-refractivity contribution < 1.29 is 9.53 Å². The lowest BCUT2D eigenvalue weighted by Crippen LogP contribution is -2.35. The molecule has 0 bridgehead atoms. The number of anilines is 1. The molecule has 0 saturated heterocycles. The van der Waals surface area contributed by atoms with E-state index in [1.807, 2.05) is 20.0 Å². The zero-order valence-corrected chi connectivity index (χ0v) is 17.4.